The number of benzene rings is 1. The van der Waals surface area contributed by atoms with E-state index in [1.165, 1.54) is 12.1 Å². The van der Waals surface area contributed by atoms with Gasteiger partial charge in [-0.1, -0.05) is 27.7 Å². The molecule has 2 aromatic rings. The lowest BCUT2D eigenvalue weighted by Gasteiger charge is -2.09. The van der Waals surface area contributed by atoms with Crippen molar-refractivity contribution in [2.75, 3.05) is 0 Å². The molecule has 0 amide bonds. The van der Waals surface area contributed by atoms with E-state index in [2.05, 4.69) is 10.2 Å². The van der Waals surface area contributed by atoms with Gasteiger partial charge in [0, 0.05) is 11.5 Å². The van der Waals surface area contributed by atoms with E-state index < -0.39 is 0 Å². The molecule has 0 aliphatic carbocycles. The van der Waals surface area contributed by atoms with Crippen molar-refractivity contribution in [3.63, 3.8) is 0 Å². The zero-order valence-corrected chi connectivity index (χ0v) is 11.1. The number of aromatic nitrogens is 2. The number of hydrogen-bond donors (Lipinski definition) is 0. The predicted molar refractivity (Wildman–Crippen MR) is 67.9 cm³/mol. The Labute approximate surface area is 106 Å². The standard InChI is InChI=1S/C14H17FN2O/c1-8(2)12-7-10(15)5-6-11(12)14-17-16-13(18-14)9(3)4/h5-9H,1-4H3. The van der Waals surface area contributed by atoms with Crippen molar-refractivity contribution in [2.45, 2.75) is 39.5 Å². The summed E-state index contributed by atoms with van der Waals surface area (Å²) in [5.41, 5.74) is 1.69. The van der Waals surface area contributed by atoms with E-state index in [9.17, 15) is 4.39 Å². The van der Waals surface area contributed by atoms with Crippen molar-refractivity contribution in [1.82, 2.24) is 10.2 Å². The van der Waals surface area contributed by atoms with Crippen molar-refractivity contribution < 1.29 is 8.81 Å². The Hall–Kier alpha value is -1.71. The van der Waals surface area contributed by atoms with Gasteiger partial charge in [-0.05, 0) is 29.7 Å². The number of hydrogen-bond acceptors (Lipinski definition) is 3. The summed E-state index contributed by atoms with van der Waals surface area (Å²) in [5.74, 6) is 1.21. The molecule has 0 N–H and O–H groups in total. The first-order chi connectivity index (χ1) is 8.49. The highest BCUT2D eigenvalue weighted by molar-refractivity contribution is 5.59. The molecule has 0 saturated heterocycles. The highest BCUT2D eigenvalue weighted by Crippen LogP contribution is 2.30. The lowest BCUT2D eigenvalue weighted by atomic mass is 9.97. The molecule has 0 atom stereocenters. The van der Waals surface area contributed by atoms with E-state index >= 15 is 0 Å². The Balaban J connectivity index is 2.49. The maximum atomic E-state index is 13.3. The van der Waals surface area contributed by atoms with Crippen LogP contribution in [0.4, 0.5) is 4.39 Å². The minimum Gasteiger partial charge on any atom is -0.420 e. The summed E-state index contributed by atoms with van der Waals surface area (Å²) >= 11 is 0. The van der Waals surface area contributed by atoms with E-state index in [1.54, 1.807) is 6.07 Å². The molecular formula is C14H17FN2O. The molecule has 1 heterocycles. The molecule has 0 aliphatic heterocycles. The average molecular weight is 248 g/mol. The fourth-order valence-electron chi connectivity index (χ4n) is 1.78. The molecule has 1 aromatic heterocycles. The molecule has 0 fully saturated rings. The Morgan fingerprint density at radius 3 is 2.33 bits per heavy atom. The van der Waals surface area contributed by atoms with E-state index in [0.29, 0.717) is 11.8 Å². The van der Waals surface area contributed by atoms with Crippen LogP contribution in [-0.2, 0) is 0 Å². The molecule has 4 heteroatoms. The molecular weight excluding hydrogens is 231 g/mol. The van der Waals surface area contributed by atoms with Crippen LogP contribution in [0.5, 0.6) is 0 Å². The van der Waals surface area contributed by atoms with Gasteiger partial charge in [0.05, 0.1) is 0 Å². The van der Waals surface area contributed by atoms with Crippen LogP contribution >= 0.6 is 0 Å². The van der Waals surface area contributed by atoms with Gasteiger partial charge in [0.2, 0.25) is 11.8 Å². The molecule has 0 aliphatic rings. The quantitative estimate of drug-likeness (QED) is 0.820. The lowest BCUT2D eigenvalue weighted by molar-refractivity contribution is 0.480. The highest BCUT2D eigenvalue weighted by atomic mass is 19.1. The number of rotatable bonds is 3. The zero-order chi connectivity index (χ0) is 13.3. The Bertz CT molecular complexity index is 546. The zero-order valence-electron chi connectivity index (χ0n) is 11.1. The number of halogens is 1. The first-order valence-electron chi connectivity index (χ1n) is 6.12. The molecule has 1 aromatic carbocycles. The van der Waals surface area contributed by atoms with Gasteiger partial charge < -0.3 is 4.42 Å². The molecule has 0 saturated carbocycles. The summed E-state index contributed by atoms with van der Waals surface area (Å²) in [6.45, 7) is 8.01. The maximum absolute atomic E-state index is 13.3. The number of nitrogens with zero attached hydrogens (tertiary/aromatic N) is 2. The normalized spacial score (nSPS) is 11.5. The first-order valence-corrected chi connectivity index (χ1v) is 6.12. The summed E-state index contributed by atoms with van der Waals surface area (Å²) in [4.78, 5) is 0. The van der Waals surface area contributed by atoms with Crippen LogP contribution in [0, 0.1) is 5.82 Å². The third kappa shape index (κ3) is 2.42. The Morgan fingerprint density at radius 2 is 1.78 bits per heavy atom. The SMILES string of the molecule is CC(C)c1nnc(-c2ccc(F)cc2C(C)C)o1. The molecule has 0 unspecified atom stereocenters. The fourth-order valence-corrected chi connectivity index (χ4v) is 1.78. The van der Waals surface area contributed by atoms with E-state index in [0.717, 1.165) is 11.1 Å². The average Bonchev–Trinajstić information content (AvgIpc) is 2.78. The highest BCUT2D eigenvalue weighted by Gasteiger charge is 2.16. The van der Waals surface area contributed by atoms with Crippen LogP contribution in [0.1, 0.15) is 51.0 Å². The van der Waals surface area contributed by atoms with E-state index in [-0.39, 0.29) is 17.7 Å². The minimum absolute atomic E-state index is 0.189. The second kappa shape index (κ2) is 4.88. The van der Waals surface area contributed by atoms with Crippen molar-refractivity contribution in [3.05, 3.63) is 35.5 Å². The van der Waals surface area contributed by atoms with Crippen molar-refractivity contribution in [1.29, 1.82) is 0 Å². The lowest BCUT2D eigenvalue weighted by Crippen LogP contribution is -1.94. The van der Waals surface area contributed by atoms with Crippen LogP contribution < -0.4 is 0 Å². The van der Waals surface area contributed by atoms with E-state index in [4.69, 9.17) is 4.42 Å². The third-order valence-corrected chi connectivity index (χ3v) is 2.80. The molecule has 0 bridgehead atoms. The van der Waals surface area contributed by atoms with Crippen LogP contribution in [0.3, 0.4) is 0 Å². The second-order valence-corrected chi connectivity index (χ2v) is 4.99. The summed E-state index contributed by atoms with van der Waals surface area (Å²) in [6.07, 6.45) is 0. The molecule has 0 radical (unpaired) electrons. The summed E-state index contributed by atoms with van der Waals surface area (Å²) < 4.78 is 18.9. The van der Waals surface area contributed by atoms with Crippen molar-refractivity contribution in [2.24, 2.45) is 0 Å². The molecule has 2 rings (SSSR count). The summed E-state index contributed by atoms with van der Waals surface area (Å²) in [7, 11) is 0. The Kier molecular flexibility index (Phi) is 3.45. The fraction of sp³-hybridized carbons (Fsp3) is 0.429. The molecule has 3 nitrogen and oxygen atoms in total. The van der Waals surface area contributed by atoms with Gasteiger partial charge in [0.25, 0.3) is 0 Å². The van der Waals surface area contributed by atoms with E-state index in [1.807, 2.05) is 27.7 Å². The molecule has 96 valence electrons. The van der Waals surface area contributed by atoms with Crippen LogP contribution in [0.25, 0.3) is 11.5 Å². The topological polar surface area (TPSA) is 38.9 Å². The predicted octanol–water partition coefficient (Wildman–Crippen LogP) is 4.12. The first kappa shape index (κ1) is 12.7. The van der Waals surface area contributed by atoms with Gasteiger partial charge in [0.1, 0.15) is 5.82 Å². The maximum Gasteiger partial charge on any atom is 0.248 e. The van der Waals surface area contributed by atoms with Crippen LogP contribution in [0.15, 0.2) is 22.6 Å². The minimum atomic E-state index is -0.244. The Morgan fingerprint density at radius 1 is 1.06 bits per heavy atom. The largest absolute Gasteiger partial charge is 0.420 e. The van der Waals surface area contributed by atoms with Gasteiger partial charge in [-0.15, -0.1) is 10.2 Å². The third-order valence-electron chi connectivity index (χ3n) is 2.80. The molecule has 18 heavy (non-hydrogen) atoms. The summed E-state index contributed by atoms with van der Waals surface area (Å²) in [5, 5.41) is 8.05. The van der Waals surface area contributed by atoms with Crippen molar-refractivity contribution >= 4 is 0 Å². The van der Waals surface area contributed by atoms with Gasteiger partial charge in [-0.25, -0.2) is 4.39 Å². The summed E-state index contributed by atoms with van der Waals surface area (Å²) in [6, 6.07) is 4.64. The smallest absolute Gasteiger partial charge is 0.248 e. The van der Waals surface area contributed by atoms with Gasteiger partial charge in [-0.3, -0.25) is 0 Å². The van der Waals surface area contributed by atoms with Crippen LogP contribution in [0.2, 0.25) is 0 Å². The second-order valence-electron chi connectivity index (χ2n) is 4.99. The van der Waals surface area contributed by atoms with Gasteiger partial charge in [0.15, 0.2) is 0 Å². The van der Waals surface area contributed by atoms with Gasteiger partial charge >= 0.3 is 0 Å². The van der Waals surface area contributed by atoms with Crippen molar-refractivity contribution in [3.8, 4) is 11.5 Å². The van der Waals surface area contributed by atoms with Gasteiger partial charge in [-0.2, -0.15) is 0 Å². The monoisotopic (exact) mass is 248 g/mol. The van der Waals surface area contributed by atoms with Crippen LogP contribution in [-0.4, -0.2) is 10.2 Å². The molecule has 0 spiro atoms.